The summed E-state index contributed by atoms with van der Waals surface area (Å²) < 4.78 is 0. The van der Waals surface area contributed by atoms with E-state index in [1.165, 1.54) is 135 Å². The molecule has 0 atom stereocenters. The second-order valence-corrected chi connectivity index (χ2v) is 8.47. The van der Waals surface area contributed by atoms with Gasteiger partial charge in [-0.1, -0.05) is 148 Å². The Kier molecular flexibility index (Phi) is 25.5. The molecule has 27 heavy (non-hydrogen) atoms. The molecule has 0 saturated heterocycles. The Labute approximate surface area is 174 Å². The predicted molar refractivity (Wildman–Crippen MR) is 126 cm³/mol. The molecule has 0 heterocycles. The lowest BCUT2D eigenvalue weighted by Crippen LogP contribution is -1.84. The molecule has 0 aliphatic carbocycles. The summed E-state index contributed by atoms with van der Waals surface area (Å²) in [6.07, 6.45) is 36.7. The van der Waals surface area contributed by atoms with Crippen molar-refractivity contribution >= 4 is 0 Å². The summed E-state index contributed by atoms with van der Waals surface area (Å²) in [5.41, 5.74) is 0. The summed E-state index contributed by atoms with van der Waals surface area (Å²) in [7, 11) is 0. The molecule has 0 aliphatic heterocycles. The van der Waals surface area contributed by atoms with Crippen molar-refractivity contribution < 1.29 is 0 Å². The first kappa shape index (κ1) is 26.7. The number of hydrogen-bond acceptors (Lipinski definition) is 0. The van der Waals surface area contributed by atoms with E-state index in [9.17, 15) is 0 Å². The third kappa shape index (κ3) is 25.7. The summed E-state index contributed by atoms with van der Waals surface area (Å²) in [6.45, 7) is 7.80. The quantitative estimate of drug-likeness (QED) is 0.123. The van der Waals surface area contributed by atoms with E-state index in [1.54, 1.807) is 0 Å². The van der Waals surface area contributed by atoms with Crippen molar-refractivity contribution in [2.45, 2.75) is 148 Å². The van der Waals surface area contributed by atoms with Crippen LogP contribution in [0, 0.1) is 13.8 Å². The summed E-state index contributed by atoms with van der Waals surface area (Å²) in [4.78, 5) is 0. The van der Waals surface area contributed by atoms with E-state index in [2.05, 4.69) is 26.0 Å². The fraction of sp³-hybridized carbons (Fsp3) is 0.852. The SMILES string of the molecule is [CH2]CCCC/C=C/CCCCCCCCCCCCCCCCCCC[CH2]. The van der Waals surface area contributed by atoms with Crippen molar-refractivity contribution in [1.82, 2.24) is 0 Å². The van der Waals surface area contributed by atoms with Crippen LogP contribution in [0.3, 0.4) is 0 Å². The molecule has 0 nitrogen and oxygen atoms in total. The van der Waals surface area contributed by atoms with Crippen LogP contribution in [0.15, 0.2) is 12.2 Å². The number of rotatable bonds is 23. The van der Waals surface area contributed by atoms with E-state index < -0.39 is 0 Å². The van der Waals surface area contributed by atoms with Gasteiger partial charge in [0.1, 0.15) is 0 Å². The minimum Gasteiger partial charge on any atom is -0.0885 e. The average Bonchev–Trinajstić information content (AvgIpc) is 2.68. The average molecular weight is 377 g/mol. The van der Waals surface area contributed by atoms with Gasteiger partial charge in [0.2, 0.25) is 0 Å². The molecule has 0 bridgehead atoms. The van der Waals surface area contributed by atoms with Gasteiger partial charge >= 0.3 is 0 Å². The van der Waals surface area contributed by atoms with Gasteiger partial charge in [0.05, 0.1) is 0 Å². The zero-order chi connectivity index (χ0) is 19.7. The third-order valence-electron chi connectivity index (χ3n) is 5.66. The van der Waals surface area contributed by atoms with Crippen LogP contribution >= 0.6 is 0 Å². The van der Waals surface area contributed by atoms with E-state index in [0.717, 1.165) is 12.8 Å². The van der Waals surface area contributed by atoms with Crippen molar-refractivity contribution in [3.63, 3.8) is 0 Å². The summed E-state index contributed by atoms with van der Waals surface area (Å²) in [5.74, 6) is 0. The highest BCUT2D eigenvalue weighted by Crippen LogP contribution is 2.14. The van der Waals surface area contributed by atoms with Crippen molar-refractivity contribution in [2.75, 3.05) is 0 Å². The van der Waals surface area contributed by atoms with Crippen molar-refractivity contribution in [3.8, 4) is 0 Å². The molecule has 0 saturated carbocycles. The van der Waals surface area contributed by atoms with E-state index >= 15 is 0 Å². The summed E-state index contributed by atoms with van der Waals surface area (Å²) in [5, 5.41) is 0. The van der Waals surface area contributed by atoms with E-state index in [1.807, 2.05) is 0 Å². The normalized spacial score (nSPS) is 11.6. The Hall–Kier alpha value is -0.260. The van der Waals surface area contributed by atoms with Gasteiger partial charge in [-0.2, -0.15) is 0 Å². The molecule has 0 aromatic rings. The molecule has 0 unspecified atom stereocenters. The van der Waals surface area contributed by atoms with Gasteiger partial charge in [-0.05, 0) is 25.7 Å². The molecule has 0 N–H and O–H groups in total. The molecule has 0 aromatic heterocycles. The predicted octanol–water partition coefficient (Wildman–Crippen LogP) is 10.2. The molecule has 0 fully saturated rings. The standard InChI is InChI=1S/C27H52/c1-3-5-7-9-11-13-15-17-19-21-23-25-27-26-24-22-20-18-16-14-12-10-8-6-4-2/h11,13H,1-10,12,14-27H2/b13-11+. The van der Waals surface area contributed by atoms with Gasteiger partial charge in [0.15, 0.2) is 0 Å². The Bertz CT molecular complexity index is 265. The molecular weight excluding hydrogens is 324 g/mol. The molecule has 0 heteroatoms. The van der Waals surface area contributed by atoms with Gasteiger partial charge in [-0.15, -0.1) is 0 Å². The molecule has 0 aromatic carbocycles. The maximum absolute atomic E-state index is 3.91. The van der Waals surface area contributed by atoms with Crippen LogP contribution < -0.4 is 0 Å². The highest BCUT2D eigenvalue weighted by atomic mass is 14.0. The highest BCUT2D eigenvalue weighted by molar-refractivity contribution is 4.81. The fourth-order valence-electron chi connectivity index (χ4n) is 3.77. The maximum atomic E-state index is 3.91. The molecule has 0 aliphatic rings. The second kappa shape index (κ2) is 25.7. The van der Waals surface area contributed by atoms with Crippen LogP contribution in [-0.4, -0.2) is 0 Å². The third-order valence-corrected chi connectivity index (χ3v) is 5.66. The number of hydrogen-bond donors (Lipinski definition) is 0. The van der Waals surface area contributed by atoms with E-state index in [4.69, 9.17) is 0 Å². The van der Waals surface area contributed by atoms with E-state index in [0.29, 0.717) is 0 Å². The Balaban J connectivity index is 3.01. The molecular formula is C27H52. The first-order valence-electron chi connectivity index (χ1n) is 12.6. The van der Waals surface area contributed by atoms with Crippen LogP contribution in [0.25, 0.3) is 0 Å². The van der Waals surface area contributed by atoms with Crippen LogP contribution in [0.5, 0.6) is 0 Å². The Morgan fingerprint density at radius 2 is 0.519 bits per heavy atom. The zero-order valence-electron chi connectivity index (χ0n) is 18.8. The summed E-state index contributed by atoms with van der Waals surface area (Å²) >= 11 is 0. The fourth-order valence-corrected chi connectivity index (χ4v) is 3.77. The highest BCUT2D eigenvalue weighted by Gasteiger charge is 1.95. The lowest BCUT2D eigenvalue weighted by molar-refractivity contribution is 0.526. The lowest BCUT2D eigenvalue weighted by atomic mass is 10.0. The van der Waals surface area contributed by atoms with Gasteiger partial charge in [-0.25, -0.2) is 0 Å². The van der Waals surface area contributed by atoms with Crippen molar-refractivity contribution in [1.29, 1.82) is 0 Å². The van der Waals surface area contributed by atoms with Gasteiger partial charge in [0, 0.05) is 0 Å². The monoisotopic (exact) mass is 376 g/mol. The van der Waals surface area contributed by atoms with Crippen molar-refractivity contribution in [2.24, 2.45) is 0 Å². The second-order valence-electron chi connectivity index (χ2n) is 8.47. The Morgan fingerprint density at radius 3 is 0.852 bits per heavy atom. The van der Waals surface area contributed by atoms with Crippen LogP contribution in [0.2, 0.25) is 0 Å². The van der Waals surface area contributed by atoms with Gasteiger partial charge in [-0.3, -0.25) is 0 Å². The summed E-state index contributed by atoms with van der Waals surface area (Å²) in [6, 6.07) is 0. The topological polar surface area (TPSA) is 0 Å². The molecule has 0 rings (SSSR count). The van der Waals surface area contributed by atoms with Crippen LogP contribution in [0.1, 0.15) is 148 Å². The molecule has 0 spiro atoms. The maximum Gasteiger partial charge on any atom is -0.0351 e. The van der Waals surface area contributed by atoms with Gasteiger partial charge in [0.25, 0.3) is 0 Å². The first-order chi connectivity index (χ1) is 13.4. The molecule has 0 amide bonds. The minimum absolute atomic E-state index is 1.09. The molecule has 160 valence electrons. The largest absolute Gasteiger partial charge is 0.0885 e. The number of unbranched alkanes of at least 4 members (excludes halogenated alkanes) is 21. The van der Waals surface area contributed by atoms with Gasteiger partial charge < -0.3 is 0 Å². The van der Waals surface area contributed by atoms with E-state index in [-0.39, 0.29) is 0 Å². The number of allylic oxidation sites excluding steroid dienone is 2. The van der Waals surface area contributed by atoms with Crippen molar-refractivity contribution in [3.05, 3.63) is 26.0 Å². The lowest BCUT2D eigenvalue weighted by Gasteiger charge is -2.03. The minimum atomic E-state index is 1.09. The first-order valence-corrected chi connectivity index (χ1v) is 12.6. The van der Waals surface area contributed by atoms with Crippen LogP contribution in [0.4, 0.5) is 0 Å². The molecule has 2 radical (unpaired) electrons. The zero-order valence-corrected chi connectivity index (χ0v) is 18.8. The smallest absolute Gasteiger partial charge is 0.0351 e. The van der Waals surface area contributed by atoms with Crippen LogP contribution in [-0.2, 0) is 0 Å². The Morgan fingerprint density at radius 1 is 0.296 bits per heavy atom.